The van der Waals surface area contributed by atoms with Crippen LogP contribution in [0.15, 0.2) is 0 Å². The maximum atomic E-state index is 11.7. The van der Waals surface area contributed by atoms with E-state index in [1.807, 2.05) is 0 Å². The number of rotatable bonds is 15. The zero-order valence-electron chi connectivity index (χ0n) is 13.5. The van der Waals surface area contributed by atoms with Crippen LogP contribution in [0.25, 0.3) is 0 Å². The Morgan fingerprint density at radius 2 is 1.18 bits per heavy atom. The molecule has 0 fully saturated rings. The maximum absolute atomic E-state index is 11.7. The van der Waals surface area contributed by atoms with Gasteiger partial charge in [-0.15, -0.1) is 0 Å². The van der Waals surface area contributed by atoms with Crippen LogP contribution >= 0.6 is 10.8 Å². The molecule has 0 atom stereocenters. The van der Waals surface area contributed by atoms with Gasteiger partial charge in [-0.1, -0.05) is 64.7 Å². The van der Waals surface area contributed by atoms with Crippen LogP contribution < -0.4 is 0 Å². The van der Waals surface area contributed by atoms with Crippen molar-refractivity contribution in [1.29, 1.82) is 0 Å². The third kappa shape index (κ3) is 16.6. The molecule has 5 nitrogen and oxygen atoms in total. The Labute approximate surface area is 139 Å². The first-order valence-corrected chi connectivity index (χ1v) is 12.9. The minimum atomic E-state index is -4.14. The molecule has 0 aliphatic heterocycles. The van der Waals surface area contributed by atoms with Gasteiger partial charge in [0, 0.05) is 5.75 Å². The molecular weight excluding hydrogens is 344 g/mol. The maximum Gasteiger partial charge on any atom is 0.319 e. The van der Waals surface area contributed by atoms with Crippen molar-refractivity contribution in [2.45, 2.75) is 71.1 Å². The van der Waals surface area contributed by atoms with E-state index in [1.54, 1.807) is 0 Å². The van der Waals surface area contributed by atoms with Crippen molar-refractivity contribution < 1.29 is 21.4 Å². The lowest BCUT2D eigenvalue weighted by Crippen LogP contribution is -2.13. The average molecular weight is 375 g/mol. The predicted molar refractivity (Wildman–Crippen MR) is 94.5 cm³/mol. The number of unbranched alkanes of at least 4 members (excludes halogenated alkanes) is 9. The van der Waals surface area contributed by atoms with Crippen molar-refractivity contribution in [1.82, 2.24) is 0 Å². The van der Waals surface area contributed by atoms with Crippen LogP contribution in [0.5, 0.6) is 0 Å². The van der Waals surface area contributed by atoms with Gasteiger partial charge in [0.05, 0.1) is 11.5 Å². The highest BCUT2D eigenvalue weighted by Crippen LogP contribution is 2.13. The first-order chi connectivity index (χ1) is 10.3. The van der Waals surface area contributed by atoms with E-state index in [9.17, 15) is 16.8 Å². The van der Waals surface area contributed by atoms with Gasteiger partial charge in [0.1, 0.15) is 0 Å². The normalized spacial score (nSPS) is 12.6. The van der Waals surface area contributed by atoms with E-state index in [0.29, 0.717) is 6.42 Å². The Hall–Kier alpha value is 0.210. The molecule has 134 valence electrons. The molecule has 0 aliphatic carbocycles. The molecule has 0 bridgehead atoms. The summed E-state index contributed by atoms with van der Waals surface area (Å²) in [5.74, 6) is -0.205. The summed E-state index contributed by atoms with van der Waals surface area (Å²) in [5.41, 5.74) is 0. The highest BCUT2D eigenvalue weighted by molar-refractivity contribution is 8.70. The fourth-order valence-corrected chi connectivity index (χ4v) is 5.77. The van der Waals surface area contributed by atoms with Crippen molar-refractivity contribution in [3.05, 3.63) is 0 Å². The molecule has 1 N–H and O–H groups in total. The van der Waals surface area contributed by atoms with E-state index >= 15 is 0 Å². The highest BCUT2D eigenvalue weighted by Gasteiger charge is 2.13. The second kappa shape index (κ2) is 12.6. The van der Waals surface area contributed by atoms with Gasteiger partial charge in [-0.05, 0) is 17.2 Å². The Bertz CT molecular complexity index is 457. The summed E-state index contributed by atoms with van der Waals surface area (Å²) in [7, 11) is -7.08. The SMILES string of the molecule is CCCCCCCCCCCCS(=O)(=O)CCSS(=O)(=O)O. The second-order valence-electron chi connectivity index (χ2n) is 5.58. The molecule has 0 unspecified atom stereocenters. The van der Waals surface area contributed by atoms with Gasteiger partial charge in [-0.25, -0.2) is 8.42 Å². The standard InChI is InChI=1S/C14H30O5S3/c1-2-3-4-5-6-7-8-9-10-11-13-21(15,16)14-12-20-22(17,18)19/h2-14H2,1H3,(H,17,18,19). The fourth-order valence-electron chi connectivity index (χ4n) is 2.18. The number of hydrogen-bond acceptors (Lipinski definition) is 5. The fraction of sp³-hybridized carbons (Fsp3) is 1.00. The van der Waals surface area contributed by atoms with Crippen molar-refractivity contribution in [2.24, 2.45) is 0 Å². The molecular formula is C14H30O5S3. The Balaban J connectivity index is 3.49. The van der Waals surface area contributed by atoms with E-state index in [0.717, 1.165) is 19.3 Å². The lowest BCUT2D eigenvalue weighted by atomic mass is 10.1. The molecule has 0 amide bonds. The lowest BCUT2D eigenvalue weighted by Gasteiger charge is -2.04. The molecule has 0 radical (unpaired) electrons. The molecule has 0 spiro atoms. The molecule has 0 aromatic rings. The second-order valence-corrected chi connectivity index (χ2v) is 11.4. The predicted octanol–water partition coefficient (Wildman–Crippen LogP) is 3.86. The molecule has 22 heavy (non-hydrogen) atoms. The highest BCUT2D eigenvalue weighted by atomic mass is 33.1. The summed E-state index contributed by atoms with van der Waals surface area (Å²) in [4.78, 5) is 0. The molecule has 0 heterocycles. The summed E-state index contributed by atoms with van der Waals surface area (Å²) in [6, 6.07) is 0. The van der Waals surface area contributed by atoms with E-state index in [-0.39, 0.29) is 28.1 Å². The van der Waals surface area contributed by atoms with Gasteiger partial charge < -0.3 is 0 Å². The van der Waals surface area contributed by atoms with Crippen LogP contribution in [-0.2, 0) is 19.0 Å². The Morgan fingerprint density at radius 1 is 0.727 bits per heavy atom. The molecule has 0 aromatic heterocycles. The van der Waals surface area contributed by atoms with Gasteiger partial charge in [0.2, 0.25) is 0 Å². The minimum absolute atomic E-state index is 0.107. The van der Waals surface area contributed by atoms with Crippen LogP contribution in [0, 0.1) is 0 Å². The van der Waals surface area contributed by atoms with Gasteiger partial charge >= 0.3 is 9.15 Å². The van der Waals surface area contributed by atoms with Crippen molar-refractivity contribution >= 4 is 29.8 Å². The van der Waals surface area contributed by atoms with Gasteiger partial charge in [0.15, 0.2) is 9.84 Å². The van der Waals surface area contributed by atoms with Crippen molar-refractivity contribution in [3.8, 4) is 0 Å². The van der Waals surface area contributed by atoms with Gasteiger partial charge in [-0.2, -0.15) is 8.42 Å². The van der Waals surface area contributed by atoms with E-state index in [2.05, 4.69) is 6.92 Å². The van der Waals surface area contributed by atoms with Crippen LogP contribution in [0.2, 0.25) is 0 Å². The summed E-state index contributed by atoms with van der Waals surface area (Å²) in [6.07, 6.45) is 11.4. The summed E-state index contributed by atoms with van der Waals surface area (Å²) >= 11 is 0. The Morgan fingerprint density at radius 3 is 1.64 bits per heavy atom. The first-order valence-electron chi connectivity index (χ1n) is 8.09. The third-order valence-electron chi connectivity index (χ3n) is 3.44. The van der Waals surface area contributed by atoms with Crippen LogP contribution in [-0.4, -0.2) is 38.6 Å². The van der Waals surface area contributed by atoms with E-state index in [4.69, 9.17) is 4.55 Å². The van der Waals surface area contributed by atoms with Crippen molar-refractivity contribution in [2.75, 3.05) is 17.3 Å². The average Bonchev–Trinajstić information content (AvgIpc) is 2.39. The van der Waals surface area contributed by atoms with E-state index < -0.39 is 19.0 Å². The topological polar surface area (TPSA) is 88.5 Å². The molecule has 0 rings (SSSR count). The number of hydrogen-bond donors (Lipinski definition) is 1. The zero-order chi connectivity index (χ0) is 16.9. The van der Waals surface area contributed by atoms with Crippen molar-refractivity contribution in [3.63, 3.8) is 0 Å². The molecule has 8 heteroatoms. The summed E-state index contributed by atoms with van der Waals surface area (Å²) in [5, 5.41) is 0. The molecule has 0 aromatic carbocycles. The monoisotopic (exact) mass is 374 g/mol. The summed E-state index contributed by atoms with van der Waals surface area (Å²) in [6.45, 7) is 2.20. The molecule has 0 aliphatic rings. The molecule has 0 saturated heterocycles. The third-order valence-corrected chi connectivity index (χ3v) is 7.49. The lowest BCUT2D eigenvalue weighted by molar-refractivity contribution is 0.503. The van der Waals surface area contributed by atoms with Crippen LogP contribution in [0.4, 0.5) is 0 Å². The minimum Gasteiger partial charge on any atom is -0.277 e. The van der Waals surface area contributed by atoms with E-state index in [1.165, 1.54) is 38.5 Å². The van der Waals surface area contributed by atoms with Crippen LogP contribution in [0.3, 0.4) is 0 Å². The largest absolute Gasteiger partial charge is 0.319 e. The first kappa shape index (κ1) is 22.2. The van der Waals surface area contributed by atoms with Gasteiger partial charge in [0.25, 0.3) is 0 Å². The van der Waals surface area contributed by atoms with Crippen LogP contribution in [0.1, 0.15) is 71.1 Å². The Kier molecular flexibility index (Phi) is 12.7. The van der Waals surface area contributed by atoms with Gasteiger partial charge in [-0.3, -0.25) is 4.55 Å². The molecule has 0 saturated carbocycles. The quantitative estimate of drug-likeness (QED) is 0.266. The summed E-state index contributed by atoms with van der Waals surface area (Å²) < 4.78 is 52.8. The zero-order valence-corrected chi connectivity index (χ0v) is 15.9. The number of sulfone groups is 1. The smallest absolute Gasteiger partial charge is 0.277 e.